The lowest BCUT2D eigenvalue weighted by atomic mass is 9.96. The minimum atomic E-state index is 0.848. The quantitative estimate of drug-likeness (QED) is 0.873. The third-order valence-corrected chi connectivity index (χ3v) is 3.86. The molecule has 0 spiro atoms. The molecule has 0 bridgehead atoms. The third kappa shape index (κ3) is 3.82. The molecule has 0 unspecified atom stereocenters. The summed E-state index contributed by atoms with van der Waals surface area (Å²) in [5, 5.41) is 0. The molecule has 4 heteroatoms. The molecule has 18 heavy (non-hydrogen) atoms. The van der Waals surface area contributed by atoms with Gasteiger partial charge < -0.3 is 9.72 Å². The lowest BCUT2D eigenvalue weighted by molar-refractivity contribution is 0.0607. The van der Waals surface area contributed by atoms with E-state index in [1.807, 2.05) is 0 Å². The Morgan fingerprint density at radius 1 is 1.33 bits per heavy atom. The molecule has 0 radical (unpaired) electrons. The molecule has 2 rings (SSSR count). The number of rotatable bonds is 5. The van der Waals surface area contributed by atoms with Crippen molar-refractivity contribution >= 4 is 0 Å². The molecule has 0 atom stereocenters. The first kappa shape index (κ1) is 13.6. The summed E-state index contributed by atoms with van der Waals surface area (Å²) in [5.74, 6) is 1.93. The van der Waals surface area contributed by atoms with Crippen LogP contribution in [-0.4, -0.2) is 41.7 Å². The van der Waals surface area contributed by atoms with E-state index in [1.54, 1.807) is 0 Å². The Labute approximate surface area is 110 Å². The van der Waals surface area contributed by atoms with E-state index in [1.165, 1.54) is 25.0 Å². The maximum Gasteiger partial charge on any atom is 0.120 e. The number of aromatic nitrogens is 2. The fourth-order valence-corrected chi connectivity index (χ4v) is 2.47. The summed E-state index contributed by atoms with van der Waals surface area (Å²) in [7, 11) is 2.17. The number of hydrogen-bond donors (Lipinski definition) is 1. The number of imidazole rings is 1. The molecular formula is C14H25N3O. The molecule has 1 aliphatic heterocycles. The molecule has 1 N–H and O–H groups in total. The van der Waals surface area contributed by atoms with Gasteiger partial charge in [-0.3, -0.25) is 4.90 Å². The van der Waals surface area contributed by atoms with Gasteiger partial charge in [0, 0.05) is 18.9 Å². The van der Waals surface area contributed by atoms with E-state index in [0.717, 1.165) is 43.7 Å². The summed E-state index contributed by atoms with van der Waals surface area (Å²) < 4.78 is 5.39. The highest BCUT2D eigenvalue weighted by atomic mass is 16.5. The van der Waals surface area contributed by atoms with E-state index in [4.69, 9.17) is 4.74 Å². The standard InChI is InChI=1S/C14H25N3O/c1-11-12(2)16-14(15-11)10-17(3)7-4-13-5-8-18-9-6-13/h13H,4-10H2,1-3H3,(H,15,16). The fourth-order valence-electron chi connectivity index (χ4n) is 2.47. The maximum atomic E-state index is 5.39. The molecule has 4 nitrogen and oxygen atoms in total. The molecule has 0 aliphatic carbocycles. The SMILES string of the molecule is Cc1nc(CN(C)CCC2CCOCC2)[nH]c1C. The minimum Gasteiger partial charge on any atom is -0.381 e. The first-order valence-corrected chi connectivity index (χ1v) is 6.93. The number of ether oxygens (including phenoxy) is 1. The van der Waals surface area contributed by atoms with Gasteiger partial charge in [-0.05, 0) is 52.6 Å². The molecule has 1 fully saturated rings. The summed E-state index contributed by atoms with van der Waals surface area (Å²) in [4.78, 5) is 10.2. The van der Waals surface area contributed by atoms with Gasteiger partial charge in [0.2, 0.25) is 0 Å². The van der Waals surface area contributed by atoms with Crippen LogP contribution < -0.4 is 0 Å². The van der Waals surface area contributed by atoms with Gasteiger partial charge in [0.25, 0.3) is 0 Å². The van der Waals surface area contributed by atoms with Crippen molar-refractivity contribution in [2.45, 2.75) is 39.7 Å². The summed E-state index contributed by atoms with van der Waals surface area (Å²) in [6.45, 7) is 8.09. The highest BCUT2D eigenvalue weighted by Crippen LogP contribution is 2.18. The van der Waals surface area contributed by atoms with Crippen LogP contribution in [0.4, 0.5) is 0 Å². The smallest absolute Gasteiger partial charge is 0.120 e. The number of nitrogens with zero attached hydrogens (tertiary/aromatic N) is 2. The van der Waals surface area contributed by atoms with Crippen LogP contribution in [-0.2, 0) is 11.3 Å². The minimum absolute atomic E-state index is 0.848. The Balaban J connectivity index is 1.72. The second kappa shape index (κ2) is 6.34. The monoisotopic (exact) mass is 251 g/mol. The van der Waals surface area contributed by atoms with Crippen LogP contribution >= 0.6 is 0 Å². The highest BCUT2D eigenvalue weighted by Gasteiger charge is 2.14. The first-order chi connectivity index (χ1) is 8.65. The van der Waals surface area contributed by atoms with E-state index in [-0.39, 0.29) is 0 Å². The second-order valence-electron chi connectivity index (χ2n) is 5.48. The van der Waals surface area contributed by atoms with E-state index >= 15 is 0 Å². The predicted octanol–water partition coefficient (Wildman–Crippen LogP) is 2.28. The number of aromatic amines is 1. The van der Waals surface area contributed by atoms with Crippen molar-refractivity contribution in [3.05, 3.63) is 17.2 Å². The van der Waals surface area contributed by atoms with Gasteiger partial charge in [0.15, 0.2) is 0 Å². The average Bonchev–Trinajstić information content (AvgIpc) is 2.67. The van der Waals surface area contributed by atoms with Crippen molar-refractivity contribution in [3.63, 3.8) is 0 Å². The van der Waals surface area contributed by atoms with Gasteiger partial charge in [-0.2, -0.15) is 0 Å². The number of hydrogen-bond acceptors (Lipinski definition) is 3. The molecule has 1 aliphatic rings. The average molecular weight is 251 g/mol. The zero-order valence-electron chi connectivity index (χ0n) is 11.8. The topological polar surface area (TPSA) is 41.2 Å². The van der Waals surface area contributed by atoms with Crippen molar-refractivity contribution in [1.29, 1.82) is 0 Å². The summed E-state index contributed by atoms with van der Waals surface area (Å²) in [6.07, 6.45) is 3.73. The normalized spacial score (nSPS) is 17.6. The van der Waals surface area contributed by atoms with Crippen molar-refractivity contribution < 1.29 is 4.74 Å². The van der Waals surface area contributed by atoms with Crippen LogP contribution in [0.2, 0.25) is 0 Å². The fraction of sp³-hybridized carbons (Fsp3) is 0.786. The Morgan fingerprint density at radius 3 is 2.67 bits per heavy atom. The Kier molecular flexibility index (Phi) is 4.78. The lowest BCUT2D eigenvalue weighted by Crippen LogP contribution is -2.24. The molecule has 2 heterocycles. The van der Waals surface area contributed by atoms with Gasteiger partial charge in [0.1, 0.15) is 5.82 Å². The van der Waals surface area contributed by atoms with Gasteiger partial charge in [0.05, 0.1) is 12.2 Å². The van der Waals surface area contributed by atoms with Crippen LogP contribution in [0.15, 0.2) is 0 Å². The highest BCUT2D eigenvalue weighted by molar-refractivity contribution is 5.10. The zero-order chi connectivity index (χ0) is 13.0. The van der Waals surface area contributed by atoms with E-state index in [0.29, 0.717) is 0 Å². The van der Waals surface area contributed by atoms with Crippen LogP contribution in [0, 0.1) is 19.8 Å². The third-order valence-electron chi connectivity index (χ3n) is 3.86. The molecular weight excluding hydrogens is 226 g/mol. The molecule has 1 aromatic rings. The van der Waals surface area contributed by atoms with Crippen LogP contribution in [0.1, 0.15) is 36.5 Å². The van der Waals surface area contributed by atoms with Crippen molar-refractivity contribution in [3.8, 4) is 0 Å². The van der Waals surface area contributed by atoms with Crippen LogP contribution in [0.25, 0.3) is 0 Å². The van der Waals surface area contributed by atoms with Gasteiger partial charge in [-0.25, -0.2) is 4.98 Å². The number of H-pyrrole nitrogens is 1. The van der Waals surface area contributed by atoms with Gasteiger partial charge in [-0.15, -0.1) is 0 Å². The molecule has 1 saturated heterocycles. The van der Waals surface area contributed by atoms with Gasteiger partial charge >= 0.3 is 0 Å². The van der Waals surface area contributed by atoms with Crippen molar-refractivity contribution in [2.75, 3.05) is 26.8 Å². The van der Waals surface area contributed by atoms with E-state index in [9.17, 15) is 0 Å². The second-order valence-corrected chi connectivity index (χ2v) is 5.48. The lowest BCUT2D eigenvalue weighted by Gasteiger charge is -2.24. The summed E-state index contributed by atoms with van der Waals surface area (Å²) >= 11 is 0. The molecule has 0 amide bonds. The Morgan fingerprint density at radius 2 is 2.06 bits per heavy atom. The van der Waals surface area contributed by atoms with Crippen molar-refractivity contribution in [2.24, 2.45) is 5.92 Å². The van der Waals surface area contributed by atoms with Gasteiger partial charge in [-0.1, -0.05) is 0 Å². The summed E-state index contributed by atoms with van der Waals surface area (Å²) in [5.41, 5.74) is 2.30. The number of aryl methyl sites for hydroxylation is 2. The molecule has 102 valence electrons. The Bertz CT molecular complexity index is 350. The predicted molar refractivity (Wildman–Crippen MR) is 72.6 cm³/mol. The zero-order valence-corrected chi connectivity index (χ0v) is 11.8. The molecule has 0 saturated carbocycles. The summed E-state index contributed by atoms with van der Waals surface area (Å²) in [6, 6.07) is 0. The Hall–Kier alpha value is -0.870. The first-order valence-electron chi connectivity index (χ1n) is 6.93. The van der Waals surface area contributed by atoms with Crippen LogP contribution in [0.5, 0.6) is 0 Å². The van der Waals surface area contributed by atoms with Crippen molar-refractivity contribution in [1.82, 2.24) is 14.9 Å². The largest absolute Gasteiger partial charge is 0.381 e. The van der Waals surface area contributed by atoms with E-state index in [2.05, 4.69) is 35.8 Å². The maximum absolute atomic E-state index is 5.39. The molecule has 0 aromatic carbocycles. The number of nitrogens with one attached hydrogen (secondary N) is 1. The van der Waals surface area contributed by atoms with E-state index < -0.39 is 0 Å². The molecule has 1 aromatic heterocycles. The van der Waals surface area contributed by atoms with Crippen LogP contribution in [0.3, 0.4) is 0 Å².